The summed E-state index contributed by atoms with van der Waals surface area (Å²) < 4.78 is 0. The molecule has 0 bridgehead atoms. The smallest absolute Gasteiger partial charge is 0.303 e. The van der Waals surface area contributed by atoms with Crippen molar-refractivity contribution in [3.63, 3.8) is 0 Å². The fraction of sp³-hybridized carbons (Fsp3) is 0.583. The third-order valence-corrected chi connectivity index (χ3v) is 3.25. The number of nitrogens with one attached hydrogen (secondary N) is 1. The molecule has 1 aromatic heterocycles. The summed E-state index contributed by atoms with van der Waals surface area (Å²) in [6.07, 6.45) is 2.66. The summed E-state index contributed by atoms with van der Waals surface area (Å²) in [6, 6.07) is 0. The van der Waals surface area contributed by atoms with E-state index < -0.39 is 11.4 Å². The van der Waals surface area contributed by atoms with Gasteiger partial charge in [0.2, 0.25) is 5.91 Å². The molecule has 6 heteroatoms. The van der Waals surface area contributed by atoms with E-state index in [4.69, 9.17) is 5.11 Å². The maximum Gasteiger partial charge on any atom is 0.303 e. The van der Waals surface area contributed by atoms with Gasteiger partial charge in [0, 0.05) is 31.0 Å². The fourth-order valence-electron chi connectivity index (χ4n) is 1.65. The lowest BCUT2D eigenvalue weighted by atomic mass is 9.85. The quantitative estimate of drug-likeness (QED) is 0.790. The Labute approximate surface area is 110 Å². The van der Waals surface area contributed by atoms with Gasteiger partial charge in [-0.25, -0.2) is 4.98 Å². The van der Waals surface area contributed by atoms with Crippen LogP contribution in [-0.4, -0.2) is 28.5 Å². The van der Waals surface area contributed by atoms with Crippen molar-refractivity contribution in [3.8, 4) is 0 Å². The molecule has 1 heterocycles. The van der Waals surface area contributed by atoms with Crippen molar-refractivity contribution in [2.75, 3.05) is 6.54 Å². The molecule has 5 nitrogen and oxygen atoms in total. The average molecular weight is 270 g/mol. The normalized spacial score (nSPS) is 11.2. The van der Waals surface area contributed by atoms with Crippen molar-refractivity contribution >= 4 is 23.2 Å². The van der Waals surface area contributed by atoms with Gasteiger partial charge in [-0.15, -0.1) is 11.3 Å². The van der Waals surface area contributed by atoms with Crippen molar-refractivity contribution < 1.29 is 14.7 Å². The van der Waals surface area contributed by atoms with Crippen LogP contribution in [-0.2, 0) is 16.0 Å². The van der Waals surface area contributed by atoms with Crippen LogP contribution < -0.4 is 5.32 Å². The number of carbonyl (C=O) groups excluding carboxylic acids is 1. The average Bonchev–Trinajstić information content (AvgIpc) is 2.66. The highest BCUT2D eigenvalue weighted by atomic mass is 32.1. The number of rotatable bonds is 7. The highest BCUT2D eigenvalue weighted by Gasteiger charge is 2.24. The molecular weight excluding hydrogens is 252 g/mol. The largest absolute Gasteiger partial charge is 0.481 e. The van der Waals surface area contributed by atoms with E-state index in [-0.39, 0.29) is 18.7 Å². The second-order valence-electron chi connectivity index (χ2n) is 4.94. The summed E-state index contributed by atoms with van der Waals surface area (Å²) in [5.74, 6) is -0.992. The zero-order valence-electron chi connectivity index (χ0n) is 10.6. The molecule has 0 aliphatic carbocycles. The molecule has 18 heavy (non-hydrogen) atoms. The van der Waals surface area contributed by atoms with Crippen LogP contribution in [0.25, 0.3) is 0 Å². The minimum Gasteiger partial charge on any atom is -0.481 e. The summed E-state index contributed by atoms with van der Waals surface area (Å²) in [6.45, 7) is 4.10. The van der Waals surface area contributed by atoms with Crippen molar-refractivity contribution in [1.82, 2.24) is 10.3 Å². The monoisotopic (exact) mass is 270 g/mol. The minimum atomic E-state index is -0.879. The molecule has 0 aromatic carbocycles. The van der Waals surface area contributed by atoms with E-state index in [0.717, 1.165) is 5.01 Å². The van der Waals surface area contributed by atoms with Crippen LogP contribution >= 0.6 is 11.3 Å². The van der Waals surface area contributed by atoms with Gasteiger partial charge in [0.1, 0.15) is 0 Å². The molecule has 0 fully saturated rings. The van der Waals surface area contributed by atoms with Crippen molar-refractivity contribution in [1.29, 1.82) is 0 Å². The molecule has 1 amide bonds. The zero-order chi connectivity index (χ0) is 13.6. The lowest BCUT2D eigenvalue weighted by Gasteiger charge is -2.21. The number of carboxylic acids is 1. The van der Waals surface area contributed by atoms with Gasteiger partial charge in [-0.05, 0) is 5.41 Å². The molecule has 0 saturated carbocycles. The topological polar surface area (TPSA) is 79.3 Å². The Balaban J connectivity index is 2.26. The lowest BCUT2D eigenvalue weighted by molar-refractivity contribution is -0.139. The molecule has 0 spiro atoms. The number of carboxylic acid groups (broad SMARTS) is 1. The first-order chi connectivity index (χ1) is 8.39. The first-order valence-corrected chi connectivity index (χ1v) is 6.64. The third-order valence-electron chi connectivity index (χ3n) is 2.41. The molecule has 1 rings (SSSR count). The van der Waals surface area contributed by atoms with Gasteiger partial charge in [-0.3, -0.25) is 9.59 Å². The van der Waals surface area contributed by atoms with E-state index in [1.807, 2.05) is 5.38 Å². The second kappa shape index (κ2) is 6.49. The van der Waals surface area contributed by atoms with E-state index in [1.165, 1.54) is 0 Å². The summed E-state index contributed by atoms with van der Waals surface area (Å²) in [7, 11) is 0. The number of hydrogen-bond acceptors (Lipinski definition) is 4. The number of nitrogens with zero attached hydrogens (tertiary/aromatic N) is 1. The van der Waals surface area contributed by atoms with Gasteiger partial charge in [0.25, 0.3) is 0 Å². The summed E-state index contributed by atoms with van der Waals surface area (Å²) in [5.41, 5.74) is -0.517. The number of aromatic nitrogens is 1. The molecule has 2 N–H and O–H groups in total. The first kappa shape index (κ1) is 14.6. The number of amides is 1. The molecule has 1 aromatic rings. The van der Waals surface area contributed by atoms with Crippen LogP contribution in [0.4, 0.5) is 0 Å². The van der Waals surface area contributed by atoms with Gasteiger partial charge in [0.15, 0.2) is 0 Å². The Bertz CT molecular complexity index is 401. The van der Waals surface area contributed by atoms with Crippen LogP contribution in [0.1, 0.15) is 31.7 Å². The molecular formula is C12H18N2O3S. The van der Waals surface area contributed by atoms with Gasteiger partial charge in [-0.2, -0.15) is 0 Å². The fourth-order valence-corrected chi connectivity index (χ4v) is 2.27. The predicted molar refractivity (Wildman–Crippen MR) is 69.5 cm³/mol. The van der Waals surface area contributed by atoms with E-state index >= 15 is 0 Å². The highest BCUT2D eigenvalue weighted by molar-refractivity contribution is 7.09. The van der Waals surface area contributed by atoms with Crippen LogP contribution in [0.3, 0.4) is 0 Å². The second-order valence-corrected chi connectivity index (χ2v) is 5.92. The van der Waals surface area contributed by atoms with Crippen LogP contribution in [0.15, 0.2) is 11.6 Å². The standard InChI is InChI=1S/C12H18N2O3S/c1-12(2,8-11(16)17)7-9(15)13-4-3-10-14-5-6-18-10/h5-6H,3-4,7-8H2,1-2H3,(H,13,15)(H,16,17). The Morgan fingerprint density at radius 1 is 1.44 bits per heavy atom. The van der Waals surface area contributed by atoms with Gasteiger partial charge in [0.05, 0.1) is 11.4 Å². The lowest BCUT2D eigenvalue weighted by Crippen LogP contribution is -2.31. The van der Waals surface area contributed by atoms with E-state index in [9.17, 15) is 9.59 Å². The molecule has 0 aliphatic heterocycles. The number of carbonyl (C=O) groups is 2. The summed E-state index contributed by atoms with van der Waals surface area (Å²) >= 11 is 1.56. The molecule has 0 aliphatic rings. The Morgan fingerprint density at radius 2 is 2.17 bits per heavy atom. The van der Waals surface area contributed by atoms with Crippen molar-refractivity contribution in [2.45, 2.75) is 33.1 Å². The molecule has 0 radical (unpaired) electrons. The van der Waals surface area contributed by atoms with Crippen LogP contribution in [0.2, 0.25) is 0 Å². The Kier molecular flexibility index (Phi) is 5.27. The molecule has 0 unspecified atom stereocenters. The SMILES string of the molecule is CC(C)(CC(=O)O)CC(=O)NCCc1nccs1. The Hall–Kier alpha value is -1.43. The molecule has 100 valence electrons. The van der Waals surface area contributed by atoms with E-state index in [0.29, 0.717) is 13.0 Å². The summed E-state index contributed by atoms with van der Waals surface area (Å²) in [4.78, 5) is 26.4. The van der Waals surface area contributed by atoms with Crippen LogP contribution in [0, 0.1) is 5.41 Å². The predicted octanol–water partition coefficient (Wildman–Crippen LogP) is 1.69. The zero-order valence-corrected chi connectivity index (χ0v) is 11.4. The third kappa shape index (κ3) is 5.77. The number of hydrogen-bond donors (Lipinski definition) is 2. The number of aliphatic carboxylic acids is 1. The van der Waals surface area contributed by atoms with Crippen molar-refractivity contribution in [2.24, 2.45) is 5.41 Å². The van der Waals surface area contributed by atoms with Gasteiger partial charge >= 0.3 is 5.97 Å². The van der Waals surface area contributed by atoms with Crippen molar-refractivity contribution in [3.05, 3.63) is 16.6 Å². The van der Waals surface area contributed by atoms with Gasteiger partial charge in [-0.1, -0.05) is 13.8 Å². The van der Waals surface area contributed by atoms with E-state index in [1.54, 1.807) is 31.4 Å². The highest BCUT2D eigenvalue weighted by Crippen LogP contribution is 2.24. The minimum absolute atomic E-state index is 0.00704. The molecule has 0 atom stereocenters. The summed E-state index contributed by atoms with van der Waals surface area (Å²) in [5, 5.41) is 14.4. The van der Waals surface area contributed by atoms with E-state index in [2.05, 4.69) is 10.3 Å². The maximum atomic E-state index is 11.6. The van der Waals surface area contributed by atoms with Crippen LogP contribution in [0.5, 0.6) is 0 Å². The maximum absolute atomic E-state index is 11.6. The molecule has 0 saturated heterocycles. The first-order valence-electron chi connectivity index (χ1n) is 5.76. The Morgan fingerprint density at radius 3 is 2.72 bits per heavy atom. The van der Waals surface area contributed by atoms with Gasteiger partial charge < -0.3 is 10.4 Å². The number of thiazole rings is 1.